The van der Waals surface area contributed by atoms with E-state index in [0.717, 1.165) is 32.3 Å². The van der Waals surface area contributed by atoms with E-state index in [4.69, 9.17) is 4.74 Å². The average molecular weight is 197 g/mol. The molecule has 0 spiro atoms. The number of hydrogen-bond donors (Lipinski definition) is 1. The van der Waals surface area contributed by atoms with Crippen LogP contribution in [-0.2, 0) is 9.53 Å². The molecule has 1 saturated heterocycles. The molecule has 2 aliphatic rings. The number of carbonyl (C=O) groups is 1. The van der Waals surface area contributed by atoms with Gasteiger partial charge < -0.3 is 10.1 Å². The van der Waals surface area contributed by atoms with Crippen LogP contribution in [-0.4, -0.2) is 24.7 Å². The number of amides is 1. The van der Waals surface area contributed by atoms with Gasteiger partial charge in [0.25, 0.3) is 0 Å². The van der Waals surface area contributed by atoms with Crippen molar-refractivity contribution in [2.45, 2.75) is 57.1 Å². The van der Waals surface area contributed by atoms with Gasteiger partial charge in [-0.1, -0.05) is 19.3 Å². The minimum atomic E-state index is -0.156. The second-order valence-corrected chi connectivity index (χ2v) is 4.35. The van der Waals surface area contributed by atoms with Gasteiger partial charge in [0.15, 0.2) is 0 Å². The summed E-state index contributed by atoms with van der Waals surface area (Å²) in [7, 11) is 0. The number of carbonyl (C=O) groups excluding carboxylic acids is 1. The maximum atomic E-state index is 11.7. The first kappa shape index (κ1) is 9.97. The summed E-state index contributed by atoms with van der Waals surface area (Å²) in [5, 5.41) is 3.10. The Hall–Kier alpha value is -0.570. The third-order valence-electron chi connectivity index (χ3n) is 3.17. The molecule has 1 N–H and O–H groups in total. The second kappa shape index (κ2) is 4.78. The fraction of sp³-hybridized carbons (Fsp3) is 0.909. The minimum Gasteiger partial charge on any atom is -0.368 e. The maximum absolute atomic E-state index is 11.7. The van der Waals surface area contributed by atoms with Crippen LogP contribution in [0.4, 0.5) is 0 Å². The van der Waals surface area contributed by atoms with Gasteiger partial charge in [0.05, 0.1) is 0 Å². The van der Waals surface area contributed by atoms with E-state index in [0.29, 0.717) is 6.04 Å². The summed E-state index contributed by atoms with van der Waals surface area (Å²) in [6.45, 7) is 0.753. The lowest BCUT2D eigenvalue weighted by Gasteiger charge is -2.24. The second-order valence-electron chi connectivity index (χ2n) is 4.35. The first-order valence-corrected chi connectivity index (χ1v) is 5.78. The van der Waals surface area contributed by atoms with E-state index in [-0.39, 0.29) is 12.0 Å². The average Bonchev–Trinajstić information content (AvgIpc) is 2.72. The van der Waals surface area contributed by atoms with Crippen molar-refractivity contribution in [2.75, 3.05) is 6.61 Å². The zero-order valence-corrected chi connectivity index (χ0v) is 8.63. The van der Waals surface area contributed by atoms with Crippen LogP contribution in [0.3, 0.4) is 0 Å². The van der Waals surface area contributed by atoms with E-state index in [1.54, 1.807) is 0 Å². The molecule has 14 heavy (non-hydrogen) atoms. The van der Waals surface area contributed by atoms with Crippen molar-refractivity contribution in [2.24, 2.45) is 0 Å². The Bertz CT molecular complexity index is 193. The van der Waals surface area contributed by atoms with E-state index in [1.165, 1.54) is 19.3 Å². The van der Waals surface area contributed by atoms with Gasteiger partial charge in [-0.2, -0.15) is 0 Å². The van der Waals surface area contributed by atoms with Crippen LogP contribution in [0, 0.1) is 0 Å². The Morgan fingerprint density at radius 1 is 1.07 bits per heavy atom. The molecule has 0 bridgehead atoms. The molecule has 0 radical (unpaired) electrons. The van der Waals surface area contributed by atoms with Gasteiger partial charge in [0.2, 0.25) is 5.91 Å². The van der Waals surface area contributed by atoms with Crippen molar-refractivity contribution in [1.29, 1.82) is 0 Å². The van der Waals surface area contributed by atoms with Gasteiger partial charge in [0, 0.05) is 12.6 Å². The van der Waals surface area contributed by atoms with E-state index in [2.05, 4.69) is 5.32 Å². The summed E-state index contributed by atoms with van der Waals surface area (Å²) in [4.78, 5) is 11.7. The lowest BCUT2D eigenvalue weighted by molar-refractivity contribution is -0.131. The summed E-state index contributed by atoms with van der Waals surface area (Å²) in [6, 6.07) is 0.417. The van der Waals surface area contributed by atoms with E-state index >= 15 is 0 Å². The molecule has 3 nitrogen and oxygen atoms in total. The van der Waals surface area contributed by atoms with Crippen LogP contribution >= 0.6 is 0 Å². The SMILES string of the molecule is O=C(NC1CCCCC1)[C@@H]1CCCO1. The molecule has 2 fully saturated rings. The van der Waals surface area contributed by atoms with Gasteiger partial charge in [0.1, 0.15) is 6.10 Å². The molecule has 1 saturated carbocycles. The minimum absolute atomic E-state index is 0.120. The number of nitrogens with one attached hydrogen (secondary N) is 1. The molecule has 0 unspecified atom stereocenters. The zero-order chi connectivity index (χ0) is 9.80. The lowest BCUT2D eigenvalue weighted by atomic mass is 9.95. The van der Waals surface area contributed by atoms with Gasteiger partial charge in [-0.25, -0.2) is 0 Å². The molecule has 3 heteroatoms. The van der Waals surface area contributed by atoms with E-state index in [9.17, 15) is 4.79 Å². The molecular weight excluding hydrogens is 178 g/mol. The number of hydrogen-bond acceptors (Lipinski definition) is 2. The Balaban J connectivity index is 1.75. The third-order valence-corrected chi connectivity index (χ3v) is 3.17. The highest BCUT2D eigenvalue weighted by molar-refractivity contribution is 5.81. The molecule has 1 atom stereocenters. The van der Waals surface area contributed by atoms with Crippen molar-refractivity contribution >= 4 is 5.91 Å². The lowest BCUT2D eigenvalue weighted by Crippen LogP contribution is -2.42. The highest BCUT2D eigenvalue weighted by Crippen LogP contribution is 2.18. The fourth-order valence-corrected chi connectivity index (χ4v) is 2.33. The van der Waals surface area contributed by atoms with Gasteiger partial charge in [-0.3, -0.25) is 4.79 Å². The van der Waals surface area contributed by atoms with E-state index < -0.39 is 0 Å². The smallest absolute Gasteiger partial charge is 0.249 e. The predicted octanol–water partition coefficient (Wildman–Crippen LogP) is 1.61. The highest BCUT2D eigenvalue weighted by Gasteiger charge is 2.25. The fourth-order valence-electron chi connectivity index (χ4n) is 2.33. The van der Waals surface area contributed by atoms with Crippen molar-refractivity contribution < 1.29 is 9.53 Å². The van der Waals surface area contributed by atoms with Gasteiger partial charge >= 0.3 is 0 Å². The molecule has 2 rings (SSSR count). The van der Waals surface area contributed by atoms with Crippen LogP contribution in [0.1, 0.15) is 44.9 Å². The largest absolute Gasteiger partial charge is 0.368 e. The molecular formula is C11H19NO2. The van der Waals surface area contributed by atoms with Crippen molar-refractivity contribution in [3.8, 4) is 0 Å². The summed E-state index contributed by atoms with van der Waals surface area (Å²) in [5.41, 5.74) is 0. The first-order chi connectivity index (χ1) is 6.86. The first-order valence-electron chi connectivity index (χ1n) is 5.78. The normalized spacial score (nSPS) is 29.0. The third kappa shape index (κ3) is 2.47. The molecule has 1 amide bonds. The van der Waals surface area contributed by atoms with Crippen molar-refractivity contribution in [1.82, 2.24) is 5.32 Å². The molecule has 1 aliphatic heterocycles. The Labute approximate surface area is 85.2 Å². The Morgan fingerprint density at radius 3 is 2.50 bits per heavy atom. The summed E-state index contributed by atoms with van der Waals surface area (Å²) >= 11 is 0. The molecule has 0 aromatic carbocycles. The zero-order valence-electron chi connectivity index (χ0n) is 8.63. The molecule has 0 aromatic heterocycles. The standard InChI is InChI=1S/C11H19NO2/c13-11(10-7-4-8-14-10)12-9-5-2-1-3-6-9/h9-10H,1-8H2,(H,12,13)/t10-/m0/s1. The molecule has 0 aromatic rings. The van der Waals surface area contributed by atoms with Crippen LogP contribution in [0.25, 0.3) is 0 Å². The van der Waals surface area contributed by atoms with Crippen LogP contribution in [0.5, 0.6) is 0 Å². The summed E-state index contributed by atoms with van der Waals surface area (Å²) in [6.07, 6.45) is 7.93. The summed E-state index contributed by atoms with van der Waals surface area (Å²) in [5.74, 6) is 0.120. The van der Waals surface area contributed by atoms with Gasteiger partial charge in [-0.05, 0) is 25.7 Å². The number of ether oxygens (including phenoxy) is 1. The van der Waals surface area contributed by atoms with Crippen molar-refractivity contribution in [3.05, 3.63) is 0 Å². The topological polar surface area (TPSA) is 38.3 Å². The molecule has 80 valence electrons. The van der Waals surface area contributed by atoms with Crippen LogP contribution < -0.4 is 5.32 Å². The Kier molecular flexibility index (Phi) is 3.40. The van der Waals surface area contributed by atoms with Crippen LogP contribution in [0.15, 0.2) is 0 Å². The molecule has 1 heterocycles. The monoisotopic (exact) mass is 197 g/mol. The maximum Gasteiger partial charge on any atom is 0.249 e. The van der Waals surface area contributed by atoms with E-state index in [1.807, 2.05) is 0 Å². The predicted molar refractivity (Wildman–Crippen MR) is 54.0 cm³/mol. The van der Waals surface area contributed by atoms with Crippen molar-refractivity contribution in [3.63, 3.8) is 0 Å². The Morgan fingerprint density at radius 2 is 1.86 bits per heavy atom. The summed E-state index contributed by atoms with van der Waals surface area (Å²) < 4.78 is 5.34. The van der Waals surface area contributed by atoms with Crippen LogP contribution in [0.2, 0.25) is 0 Å². The molecule has 1 aliphatic carbocycles. The highest BCUT2D eigenvalue weighted by atomic mass is 16.5. The quantitative estimate of drug-likeness (QED) is 0.730. The number of rotatable bonds is 2. The van der Waals surface area contributed by atoms with Gasteiger partial charge in [-0.15, -0.1) is 0 Å².